The Hall–Kier alpha value is -2.54. The van der Waals surface area contributed by atoms with Gasteiger partial charge in [-0.15, -0.1) is 0 Å². The van der Waals surface area contributed by atoms with Crippen LogP contribution in [-0.2, 0) is 14.6 Å². The topological polar surface area (TPSA) is 81.7 Å². The van der Waals surface area contributed by atoms with Crippen molar-refractivity contribution in [2.75, 3.05) is 23.9 Å². The Kier molecular flexibility index (Phi) is 4.94. The van der Waals surface area contributed by atoms with Gasteiger partial charge in [0.15, 0.2) is 9.84 Å². The lowest BCUT2D eigenvalue weighted by Crippen LogP contribution is -2.35. The maximum absolute atomic E-state index is 12.2. The van der Waals surface area contributed by atoms with Crippen LogP contribution in [0.2, 0.25) is 0 Å². The summed E-state index contributed by atoms with van der Waals surface area (Å²) < 4.78 is 34.6. The molecule has 2 aromatic carbocycles. The van der Waals surface area contributed by atoms with Crippen molar-refractivity contribution in [1.29, 1.82) is 0 Å². The Morgan fingerprint density at radius 1 is 1.04 bits per heavy atom. The van der Waals surface area contributed by atoms with Gasteiger partial charge in [0.2, 0.25) is 0 Å². The molecule has 0 bridgehead atoms. The summed E-state index contributed by atoms with van der Waals surface area (Å²) >= 11 is 0. The molecule has 0 amide bonds. The number of ether oxygens (including phenoxy) is 2. The molecule has 0 aromatic heterocycles. The van der Waals surface area contributed by atoms with Crippen LogP contribution in [0.4, 0.5) is 5.69 Å². The number of methoxy groups -OCH3 is 1. The second kappa shape index (κ2) is 7.14. The third-order valence-corrected chi connectivity index (χ3v) is 5.71. The quantitative estimate of drug-likeness (QED) is 0.822. The van der Waals surface area contributed by atoms with Crippen molar-refractivity contribution in [3.63, 3.8) is 0 Å². The Morgan fingerprint density at radius 3 is 2.36 bits per heavy atom. The predicted molar refractivity (Wildman–Crippen MR) is 94.7 cm³/mol. The van der Waals surface area contributed by atoms with Crippen LogP contribution in [-0.4, -0.2) is 45.1 Å². The fourth-order valence-electron chi connectivity index (χ4n) is 2.75. The molecule has 6 nitrogen and oxygen atoms in total. The number of esters is 1. The normalized spacial score (nSPS) is 21.5. The average Bonchev–Trinajstić information content (AvgIpc) is 2.89. The van der Waals surface area contributed by atoms with Gasteiger partial charge < -0.3 is 14.8 Å². The highest BCUT2D eigenvalue weighted by atomic mass is 32.2. The fourth-order valence-corrected chi connectivity index (χ4v) is 4.53. The van der Waals surface area contributed by atoms with Crippen LogP contribution in [0.3, 0.4) is 0 Å². The van der Waals surface area contributed by atoms with Gasteiger partial charge in [-0.1, -0.05) is 18.2 Å². The third kappa shape index (κ3) is 4.30. The molecular formula is C18H19NO5S. The van der Waals surface area contributed by atoms with Gasteiger partial charge in [0, 0.05) is 5.69 Å². The number of hydrogen-bond acceptors (Lipinski definition) is 6. The first kappa shape index (κ1) is 17.3. The molecule has 7 heteroatoms. The van der Waals surface area contributed by atoms with Gasteiger partial charge in [-0.05, 0) is 36.4 Å². The maximum atomic E-state index is 12.2. The molecule has 1 heterocycles. The number of anilines is 1. The third-order valence-electron chi connectivity index (χ3n) is 4.01. The summed E-state index contributed by atoms with van der Waals surface area (Å²) in [6.45, 7) is 0. The van der Waals surface area contributed by atoms with E-state index in [1.807, 2.05) is 0 Å². The van der Waals surface area contributed by atoms with Gasteiger partial charge in [-0.2, -0.15) is 0 Å². The van der Waals surface area contributed by atoms with Gasteiger partial charge in [0.25, 0.3) is 0 Å². The van der Waals surface area contributed by atoms with Gasteiger partial charge in [-0.25, -0.2) is 13.2 Å². The van der Waals surface area contributed by atoms with Crippen LogP contribution in [0, 0.1) is 0 Å². The van der Waals surface area contributed by atoms with Gasteiger partial charge in [0.1, 0.15) is 11.9 Å². The zero-order valence-corrected chi connectivity index (χ0v) is 14.5. The van der Waals surface area contributed by atoms with Crippen LogP contribution in [0.1, 0.15) is 10.4 Å². The molecule has 1 N–H and O–H groups in total. The van der Waals surface area contributed by atoms with Crippen LogP contribution in [0.15, 0.2) is 54.6 Å². The SMILES string of the molecule is COc1ccc(N[C@@H]2CS(=O)(=O)C[C@H]2OC(=O)c2ccccc2)cc1. The summed E-state index contributed by atoms with van der Waals surface area (Å²) in [5.74, 6) is -0.0774. The summed E-state index contributed by atoms with van der Waals surface area (Å²) in [4.78, 5) is 12.2. The lowest BCUT2D eigenvalue weighted by Gasteiger charge is -2.21. The molecule has 0 radical (unpaired) electrons. The van der Waals surface area contributed by atoms with Gasteiger partial charge >= 0.3 is 5.97 Å². The van der Waals surface area contributed by atoms with E-state index in [1.165, 1.54) is 0 Å². The smallest absolute Gasteiger partial charge is 0.338 e. The van der Waals surface area contributed by atoms with Crippen molar-refractivity contribution in [2.24, 2.45) is 0 Å². The van der Waals surface area contributed by atoms with Crippen LogP contribution in [0.25, 0.3) is 0 Å². The first-order chi connectivity index (χ1) is 12.0. The number of benzene rings is 2. The number of carbonyl (C=O) groups is 1. The number of sulfone groups is 1. The Labute approximate surface area is 146 Å². The summed E-state index contributed by atoms with van der Waals surface area (Å²) in [6.07, 6.45) is -0.736. The zero-order valence-electron chi connectivity index (χ0n) is 13.7. The molecule has 1 saturated heterocycles. The first-order valence-corrected chi connectivity index (χ1v) is 9.66. The van der Waals surface area contributed by atoms with Crippen molar-refractivity contribution >= 4 is 21.5 Å². The van der Waals surface area contributed by atoms with E-state index in [2.05, 4.69) is 5.32 Å². The maximum Gasteiger partial charge on any atom is 0.338 e. The lowest BCUT2D eigenvalue weighted by atomic mass is 10.2. The van der Waals surface area contributed by atoms with E-state index >= 15 is 0 Å². The van der Waals surface area contributed by atoms with Crippen LogP contribution >= 0.6 is 0 Å². The van der Waals surface area contributed by atoms with E-state index in [1.54, 1.807) is 61.7 Å². The second-order valence-electron chi connectivity index (χ2n) is 5.87. The highest BCUT2D eigenvalue weighted by Crippen LogP contribution is 2.23. The van der Waals surface area contributed by atoms with Gasteiger partial charge in [0.05, 0.1) is 30.2 Å². The molecule has 3 rings (SSSR count). The minimum atomic E-state index is -3.27. The Morgan fingerprint density at radius 2 is 1.72 bits per heavy atom. The van der Waals surface area contributed by atoms with E-state index < -0.39 is 28.0 Å². The van der Waals surface area contributed by atoms with Crippen molar-refractivity contribution in [3.8, 4) is 5.75 Å². The Balaban J connectivity index is 1.73. The molecule has 132 valence electrons. The minimum absolute atomic E-state index is 0.0776. The molecule has 2 atom stereocenters. The largest absolute Gasteiger partial charge is 0.497 e. The van der Waals surface area contributed by atoms with Crippen molar-refractivity contribution < 1.29 is 22.7 Å². The molecule has 1 aliphatic heterocycles. The monoisotopic (exact) mass is 361 g/mol. The van der Waals surface area contributed by atoms with Crippen LogP contribution < -0.4 is 10.1 Å². The van der Waals surface area contributed by atoms with Gasteiger partial charge in [-0.3, -0.25) is 0 Å². The summed E-state index contributed by atoms with van der Waals surface area (Å²) in [6, 6.07) is 15.2. The predicted octanol–water partition coefficient (Wildman–Crippen LogP) is 2.13. The van der Waals surface area contributed by atoms with Crippen molar-refractivity contribution in [2.45, 2.75) is 12.1 Å². The average molecular weight is 361 g/mol. The molecule has 2 aromatic rings. The zero-order chi connectivity index (χ0) is 17.9. The summed E-state index contributed by atoms with van der Waals surface area (Å²) in [5, 5.41) is 3.14. The lowest BCUT2D eigenvalue weighted by molar-refractivity contribution is 0.0336. The molecule has 0 spiro atoms. The Bertz CT molecular complexity index is 834. The standard InChI is InChI=1S/C18H19NO5S/c1-23-15-9-7-14(8-10-15)19-16-11-25(21,22)12-17(16)24-18(20)13-5-3-2-4-6-13/h2-10,16-17,19H,11-12H2,1H3/t16-,17-/m1/s1. The summed E-state index contributed by atoms with van der Waals surface area (Å²) in [5.41, 5.74) is 1.14. The summed E-state index contributed by atoms with van der Waals surface area (Å²) in [7, 11) is -1.70. The highest BCUT2D eigenvalue weighted by molar-refractivity contribution is 7.91. The number of nitrogens with one attached hydrogen (secondary N) is 1. The van der Waals surface area contributed by atoms with Crippen LogP contribution in [0.5, 0.6) is 5.75 Å². The van der Waals surface area contributed by atoms with E-state index in [9.17, 15) is 13.2 Å². The first-order valence-electron chi connectivity index (χ1n) is 7.84. The van der Waals surface area contributed by atoms with E-state index in [4.69, 9.17) is 9.47 Å². The van der Waals surface area contributed by atoms with E-state index in [-0.39, 0.29) is 11.5 Å². The minimum Gasteiger partial charge on any atom is -0.497 e. The number of hydrogen-bond donors (Lipinski definition) is 1. The van der Waals surface area contributed by atoms with Crippen molar-refractivity contribution in [3.05, 3.63) is 60.2 Å². The molecule has 1 fully saturated rings. The van der Waals surface area contributed by atoms with E-state index in [0.29, 0.717) is 11.3 Å². The highest BCUT2D eigenvalue weighted by Gasteiger charge is 2.40. The second-order valence-corrected chi connectivity index (χ2v) is 8.02. The van der Waals surface area contributed by atoms with Crippen molar-refractivity contribution in [1.82, 2.24) is 0 Å². The van der Waals surface area contributed by atoms with E-state index in [0.717, 1.165) is 5.69 Å². The molecule has 0 aliphatic carbocycles. The molecule has 0 saturated carbocycles. The molecule has 1 aliphatic rings. The number of carbonyl (C=O) groups excluding carboxylic acids is 1. The molecule has 25 heavy (non-hydrogen) atoms. The molecular weight excluding hydrogens is 342 g/mol. The molecule has 0 unspecified atom stereocenters. The fraction of sp³-hybridized carbons (Fsp3) is 0.278. The number of rotatable bonds is 5.